The lowest BCUT2D eigenvalue weighted by atomic mass is 9.64. The number of hydrogen-bond acceptors (Lipinski definition) is 6. The number of nitrogens with one attached hydrogen (secondary N) is 1. The van der Waals surface area contributed by atoms with Gasteiger partial charge in [0.05, 0.1) is 24.2 Å². The van der Waals surface area contributed by atoms with Crippen LogP contribution in [0.4, 0.5) is 5.69 Å². The van der Waals surface area contributed by atoms with E-state index in [4.69, 9.17) is 16.3 Å². The van der Waals surface area contributed by atoms with Gasteiger partial charge in [-0.3, -0.25) is 9.52 Å². The Labute approximate surface area is 255 Å². The molecule has 1 amide bonds. The van der Waals surface area contributed by atoms with Gasteiger partial charge in [0.15, 0.2) is 0 Å². The maximum atomic E-state index is 13.3. The number of benzene rings is 2. The second kappa shape index (κ2) is 11.6. The monoisotopic (exact) mass is 612 g/mol. The van der Waals surface area contributed by atoms with Gasteiger partial charge in [0.25, 0.3) is 5.91 Å². The van der Waals surface area contributed by atoms with Crippen molar-refractivity contribution in [2.24, 2.45) is 17.8 Å². The van der Waals surface area contributed by atoms with Gasteiger partial charge < -0.3 is 19.8 Å². The van der Waals surface area contributed by atoms with Gasteiger partial charge >= 0.3 is 0 Å². The van der Waals surface area contributed by atoms with Crippen LogP contribution >= 0.6 is 11.6 Å². The van der Waals surface area contributed by atoms with Crippen molar-refractivity contribution in [3.8, 4) is 5.75 Å². The van der Waals surface area contributed by atoms with E-state index in [0.717, 1.165) is 42.8 Å². The summed E-state index contributed by atoms with van der Waals surface area (Å²) in [5.41, 5.74) is 2.19. The molecule has 2 aromatic rings. The van der Waals surface area contributed by atoms with Gasteiger partial charge in [0.1, 0.15) is 22.3 Å². The Bertz CT molecular complexity index is 1420. The standard InChI is InChI=1S/C33H41ClN2O5S/c1-21-5-3-14-33(39,19-37)28-10-7-25(28)17-36-18-32(13-4-6-23-15-26(34)9-11-27(23)32)20-41-30-12-8-24(16-29(30)36)31(38)35-42(40)22(21)2/h3,8-9,11-12,14-16,21-22,25,28,37,39H,4-7,10,13,17-20H2,1-2H3,(H,35,38)/b14-3+/t21?,22?,25?,28?,32-,33-,42?/m0/s1. The number of allylic oxidation sites excluding steroid dienone is 1. The smallest absolute Gasteiger partial charge is 0.263 e. The van der Waals surface area contributed by atoms with Crippen molar-refractivity contribution in [3.63, 3.8) is 0 Å². The lowest BCUT2D eigenvalue weighted by Gasteiger charge is -2.48. The first-order chi connectivity index (χ1) is 20.1. The minimum atomic E-state index is -1.59. The van der Waals surface area contributed by atoms with Gasteiger partial charge in [-0.25, -0.2) is 4.21 Å². The van der Waals surface area contributed by atoms with E-state index in [1.165, 1.54) is 11.1 Å². The van der Waals surface area contributed by atoms with Gasteiger partial charge in [0, 0.05) is 29.1 Å². The predicted octanol–water partition coefficient (Wildman–Crippen LogP) is 4.94. The molecule has 6 rings (SSSR count). The Balaban J connectivity index is 1.43. The van der Waals surface area contributed by atoms with Gasteiger partial charge in [-0.05, 0) is 105 Å². The molecule has 4 aliphatic rings. The zero-order chi connectivity index (χ0) is 29.6. The molecule has 3 N–H and O–H groups in total. The van der Waals surface area contributed by atoms with Gasteiger partial charge in [-0.1, -0.05) is 36.7 Å². The van der Waals surface area contributed by atoms with E-state index in [0.29, 0.717) is 37.4 Å². The van der Waals surface area contributed by atoms with Crippen molar-refractivity contribution in [1.82, 2.24) is 4.72 Å². The Hall–Kier alpha value is -2.39. The first-order valence-electron chi connectivity index (χ1n) is 15.2. The average Bonchev–Trinajstić information content (AvgIpc) is 3.11. The van der Waals surface area contributed by atoms with E-state index >= 15 is 0 Å². The molecule has 1 fully saturated rings. The minimum absolute atomic E-state index is 0.00389. The molecule has 7 nitrogen and oxygen atoms in total. The molecule has 9 heteroatoms. The molecule has 42 heavy (non-hydrogen) atoms. The lowest BCUT2D eigenvalue weighted by molar-refractivity contribution is -0.0770. The number of carbonyl (C=O) groups is 1. The Kier molecular flexibility index (Phi) is 8.20. The molecule has 2 aliphatic heterocycles. The number of rotatable bonds is 1. The molecule has 0 saturated heterocycles. The second-order valence-electron chi connectivity index (χ2n) is 12.9. The summed E-state index contributed by atoms with van der Waals surface area (Å²) in [7, 11) is -1.59. The topological polar surface area (TPSA) is 99.1 Å². The summed E-state index contributed by atoms with van der Waals surface area (Å²) in [5.74, 6) is 0.390. The Morgan fingerprint density at radius 3 is 2.79 bits per heavy atom. The summed E-state index contributed by atoms with van der Waals surface area (Å²) < 4.78 is 22.4. The summed E-state index contributed by atoms with van der Waals surface area (Å²) in [6.07, 6.45) is 8.97. The minimum Gasteiger partial charge on any atom is -0.490 e. The zero-order valence-corrected chi connectivity index (χ0v) is 25.9. The summed E-state index contributed by atoms with van der Waals surface area (Å²) in [6, 6.07) is 11.6. The number of aliphatic hydroxyl groups is 2. The van der Waals surface area contributed by atoms with Crippen molar-refractivity contribution < 1.29 is 24.0 Å². The van der Waals surface area contributed by atoms with Crippen LogP contribution in [0.1, 0.15) is 67.4 Å². The summed E-state index contributed by atoms with van der Waals surface area (Å²) in [6.45, 7) is 5.35. The van der Waals surface area contributed by atoms with Crippen molar-refractivity contribution in [1.29, 1.82) is 0 Å². The fraction of sp³-hybridized carbons (Fsp3) is 0.545. The average molecular weight is 613 g/mol. The van der Waals surface area contributed by atoms with E-state index < -0.39 is 16.6 Å². The van der Waals surface area contributed by atoms with Crippen LogP contribution in [0.25, 0.3) is 0 Å². The largest absolute Gasteiger partial charge is 0.490 e. The number of aliphatic hydroxyl groups excluding tert-OH is 1. The Morgan fingerprint density at radius 1 is 1.19 bits per heavy atom. The molecule has 226 valence electrons. The van der Waals surface area contributed by atoms with Crippen molar-refractivity contribution in [2.75, 3.05) is 31.2 Å². The number of ether oxygens (including phenoxy) is 1. The van der Waals surface area contributed by atoms with Crippen molar-refractivity contribution in [2.45, 2.75) is 68.6 Å². The SMILES string of the molecule is CC1C/C=C/[C@](O)(CO)C2CCC2CN2C[C@@]3(CCCc4cc(Cl)ccc43)COc3ccc(cc32)C(=O)NS(=O)C1C. The van der Waals surface area contributed by atoms with Gasteiger partial charge in [0.2, 0.25) is 0 Å². The lowest BCUT2D eigenvalue weighted by Crippen LogP contribution is -2.53. The third kappa shape index (κ3) is 5.40. The van der Waals surface area contributed by atoms with Crippen LogP contribution in [0.2, 0.25) is 5.02 Å². The van der Waals surface area contributed by atoms with Crippen LogP contribution in [0.15, 0.2) is 48.6 Å². The molecule has 5 unspecified atom stereocenters. The highest BCUT2D eigenvalue weighted by molar-refractivity contribution is 7.84. The molecule has 1 spiro atoms. The molecule has 2 aliphatic carbocycles. The molecule has 7 atom stereocenters. The molecule has 0 aromatic heterocycles. The van der Waals surface area contributed by atoms with E-state index in [1.54, 1.807) is 12.1 Å². The first kappa shape index (κ1) is 29.7. The Morgan fingerprint density at radius 2 is 2.02 bits per heavy atom. The molecule has 2 bridgehead atoms. The van der Waals surface area contributed by atoms with Gasteiger partial charge in [-0.15, -0.1) is 0 Å². The fourth-order valence-electron chi connectivity index (χ4n) is 7.41. The third-order valence-corrected chi connectivity index (χ3v) is 12.1. The van der Waals surface area contributed by atoms with E-state index in [9.17, 15) is 19.2 Å². The number of anilines is 1. The molecule has 2 heterocycles. The molecular formula is C33H41ClN2O5S. The predicted molar refractivity (Wildman–Crippen MR) is 166 cm³/mol. The zero-order valence-electron chi connectivity index (χ0n) is 24.4. The number of amides is 1. The number of halogens is 1. The van der Waals surface area contributed by atoms with Crippen molar-refractivity contribution in [3.05, 3.63) is 70.3 Å². The highest BCUT2D eigenvalue weighted by Crippen LogP contribution is 2.48. The van der Waals surface area contributed by atoms with E-state index in [2.05, 4.69) is 21.8 Å². The molecule has 1 saturated carbocycles. The maximum absolute atomic E-state index is 13.3. The number of carbonyl (C=O) groups excluding carboxylic acids is 1. The quantitative estimate of drug-likeness (QED) is 0.395. The van der Waals surface area contributed by atoms with Gasteiger partial charge in [-0.2, -0.15) is 0 Å². The van der Waals surface area contributed by atoms with Crippen LogP contribution < -0.4 is 14.4 Å². The first-order valence-corrected chi connectivity index (χ1v) is 16.7. The highest BCUT2D eigenvalue weighted by Gasteiger charge is 2.48. The van der Waals surface area contributed by atoms with Crippen molar-refractivity contribution >= 4 is 34.2 Å². The molecular weight excluding hydrogens is 572 g/mol. The summed E-state index contributed by atoms with van der Waals surface area (Å²) >= 11 is 6.40. The third-order valence-electron chi connectivity index (χ3n) is 10.3. The van der Waals surface area contributed by atoms with E-state index in [-0.39, 0.29) is 40.9 Å². The normalized spacial score (nSPS) is 35.6. The number of aryl methyl sites for hydroxylation is 1. The number of fused-ring (bicyclic) bond motifs is 4. The van der Waals surface area contributed by atoms with E-state index in [1.807, 2.05) is 38.1 Å². The maximum Gasteiger partial charge on any atom is 0.263 e. The highest BCUT2D eigenvalue weighted by atomic mass is 35.5. The van der Waals surface area contributed by atoms with Crippen LogP contribution in [-0.4, -0.2) is 57.5 Å². The van der Waals surface area contributed by atoms with Crippen LogP contribution in [0.3, 0.4) is 0 Å². The number of nitrogens with zero attached hydrogens (tertiary/aromatic N) is 1. The second-order valence-corrected chi connectivity index (χ2v) is 14.9. The molecule has 2 aromatic carbocycles. The summed E-state index contributed by atoms with van der Waals surface area (Å²) in [5, 5.41) is 22.4. The van der Waals surface area contributed by atoms with Crippen LogP contribution in [-0.2, 0) is 22.8 Å². The molecule has 0 radical (unpaired) electrons. The number of hydrogen-bond donors (Lipinski definition) is 3. The summed E-state index contributed by atoms with van der Waals surface area (Å²) in [4.78, 5) is 15.7. The van der Waals surface area contributed by atoms with Crippen LogP contribution in [0.5, 0.6) is 5.75 Å². The fourth-order valence-corrected chi connectivity index (χ4v) is 8.62. The van der Waals surface area contributed by atoms with Crippen LogP contribution in [0, 0.1) is 17.8 Å².